The van der Waals surface area contributed by atoms with E-state index in [-0.39, 0.29) is 5.28 Å². The van der Waals surface area contributed by atoms with E-state index >= 15 is 0 Å². The number of hydrogen-bond donors (Lipinski definition) is 2. The Kier molecular flexibility index (Phi) is 9.50. The molecule has 4 heterocycles. The lowest BCUT2D eigenvalue weighted by molar-refractivity contribution is 0.0822. The lowest BCUT2D eigenvalue weighted by atomic mass is 10.1. The molecule has 3 aromatic rings. The second kappa shape index (κ2) is 11.6. The first-order valence-corrected chi connectivity index (χ1v) is 10.9. The van der Waals surface area contributed by atoms with Gasteiger partial charge in [-0.05, 0) is 52.5 Å². The minimum absolute atomic E-state index is 0.226. The molecule has 0 amide bonds. The minimum Gasteiger partial charge on any atom is -0.467 e. The largest absolute Gasteiger partial charge is 0.467 e. The Labute approximate surface area is 176 Å². The van der Waals surface area contributed by atoms with E-state index in [1.54, 1.807) is 17.6 Å². The third-order valence-electron chi connectivity index (χ3n) is 3.55. The minimum atomic E-state index is 0.226. The standard InChI is InChI=1S/C11H7BrClN3OS.C5H11NO.C2H6/c12-7-5-18-9-8(7)15-11(13)16-10(9)14-4-6-2-1-3-17-6;6-5-2-1-3-7-4-5;1-2/h1-3,5H,4H2,(H,14,15,16);5H,1-4,6H2;1-2H3. The van der Waals surface area contributed by atoms with Crippen molar-refractivity contribution in [2.24, 2.45) is 5.73 Å². The number of nitrogens with one attached hydrogen (secondary N) is 1. The number of thiophene rings is 1. The Bertz CT molecular complexity index is 807. The van der Waals surface area contributed by atoms with Crippen molar-refractivity contribution in [3.63, 3.8) is 0 Å². The second-order valence-corrected chi connectivity index (χ2v) is 7.58. The van der Waals surface area contributed by atoms with Crippen molar-refractivity contribution in [3.05, 3.63) is 39.3 Å². The Morgan fingerprint density at radius 3 is 2.81 bits per heavy atom. The summed E-state index contributed by atoms with van der Waals surface area (Å²) in [5.41, 5.74) is 6.33. The second-order valence-electron chi connectivity index (χ2n) is 5.51. The summed E-state index contributed by atoms with van der Waals surface area (Å²) in [5.74, 6) is 1.56. The molecule has 0 saturated carbocycles. The van der Waals surface area contributed by atoms with Crippen molar-refractivity contribution >= 4 is 54.9 Å². The van der Waals surface area contributed by atoms with Gasteiger partial charge in [-0.2, -0.15) is 4.98 Å². The Morgan fingerprint density at radius 2 is 2.22 bits per heavy atom. The number of anilines is 1. The molecule has 27 heavy (non-hydrogen) atoms. The van der Waals surface area contributed by atoms with Crippen molar-refractivity contribution in [3.8, 4) is 0 Å². The molecule has 0 bridgehead atoms. The van der Waals surface area contributed by atoms with Crippen molar-refractivity contribution < 1.29 is 9.15 Å². The van der Waals surface area contributed by atoms with Crippen LogP contribution in [0.15, 0.2) is 32.7 Å². The highest BCUT2D eigenvalue weighted by molar-refractivity contribution is 9.10. The van der Waals surface area contributed by atoms with Gasteiger partial charge in [-0.25, -0.2) is 4.98 Å². The Morgan fingerprint density at radius 1 is 1.41 bits per heavy atom. The molecule has 1 aliphatic rings. The van der Waals surface area contributed by atoms with Crippen LogP contribution in [-0.2, 0) is 11.3 Å². The van der Waals surface area contributed by atoms with Crippen molar-refractivity contribution in [2.75, 3.05) is 18.5 Å². The first-order valence-electron chi connectivity index (χ1n) is 8.83. The summed E-state index contributed by atoms with van der Waals surface area (Å²) >= 11 is 10.9. The van der Waals surface area contributed by atoms with E-state index in [1.807, 2.05) is 31.4 Å². The van der Waals surface area contributed by atoms with E-state index in [0.29, 0.717) is 12.6 Å². The summed E-state index contributed by atoms with van der Waals surface area (Å²) in [6.45, 7) is 6.23. The monoisotopic (exact) mass is 474 g/mol. The highest BCUT2D eigenvalue weighted by Crippen LogP contribution is 2.34. The van der Waals surface area contributed by atoms with Crippen LogP contribution in [0.5, 0.6) is 0 Å². The van der Waals surface area contributed by atoms with E-state index in [0.717, 1.165) is 52.3 Å². The summed E-state index contributed by atoms with van der Waals surface area (Å²) in [6, 6.07) is 4.06. The molecule has 148 valence electrons. The highest BCUT2D eigenvalue weighted by atomic mass is 79.9. The van der Waals surface area contributed by atoms with Crippen LogP contribution in [-0.4, -0.2) is 29.2 Å². The van der Waals surface area contributed by atoms with Gasteiger partial charge in [0.25, 0.3) is 0 Å². The van der Waals surface area contributed by atoms with Gasteiger partial charge in [0.15, 0.2) is 0 Å². The number of nitrogens with zero attached hydrogens (tertiary/aromatic N) is 2. The van der Waals surface area contributed by atoms with E-state index in [1.165, 1.54) is 0 Å². The van der Waals surface area contributed by atoms with E-state index in [2.05, 4.69) is 31.2 Å². The molecule has 0 spiro atoms. The number of nitrogens with two attached hydrogens (primary N) is 1. The molecular formula is C18H24BrClN4O2S. The van der Waals surface area contributed by atoms with E-state index in [4.69, 9.17) is 26.5 Å². The lowest BCUT2D eigenvalue weighted by Gasteiger charge is -2.16. The zero-order valence-electron chi connectivity index (χ0n) is 15.4. The number of ether oxygens (including phenoxy) is 1. The number of halogens is 2. The SMILES string of the molecule is CC.Clc1nc(NCc2ccco2)c2scc(Br)c2n1.NC1CCCOC1. The molecule has 1 aliphatic heterocycles. The van der Waals surface area contributed by atoms with Crippen LogP contribution in [0.3, 0.4) is 0 Å². The molecule has 1 atom stereocenters. The topological polar surface area (TPSA) is 86.2 Å². The molecule has 1 fully saturated rings. The number of fused-ring (bicyclic) bond motifs is 1. The number of rotatable bonds is 3. The average Bonchev–Trinajstić information content (AvgIpc) is 3.33. The molecule has 3 aromatic heterocycles. The average molecular weight is 476 g/mol. The van der Waals surface area contributed by atoms with Gasteiger partial charge in [0.05, 0.1) is 28.6 Å². The molecule has 4 rings (SSSR count). The van der Waals surface area contributed by atoms with Gasteiger partial charge >= 0.3 is 0 Å². The molecule has 0 aromatic carbocycles. The first kappa shape index (κ1) is 22.1. The molecule has 1 saturated heterocycles. The van der Waals surface area contributed by atoms with E-state index < -0.39 is 0 Å². The van der Waals surface area contributed by atoms with Crippen LogP contribution in [0.4, 0.5) is 5.82 Å². The fourth-order valence-electron chi connectivity index (χ4n) is 2.33. The van der Waals surface area contributed by atoms with Gasteiger partial charge < -0.3 is 20.2 Å². The van der Waals surface area contributed by atoms with Crippen LogP contribution in [0, 0.1) is 0 Å². The van der Waals surface area contributed by atoms with Crippen LogP contribution < -0.4 is 11.1 Å². The number of furan rings is 1. The number of hydrogen-bond acceptors (Lipinski definition) is 7. The Balaban J connectivity index is 0.000000244. The normalized spacial score (nSPS) is 16.1. The molecule has 6 nitrogen and oxygen atoms in total. The van der Waals surface area contributed by atoms with Crippen LogP contribution in [0.2, 0.25) is 5.28 Å². The molecule has 9 heteroatoms. The fraction of sp³-hybridized carbons (Fsp3) is 0.444. The van der Waals surface area contributed by atoms with Crippen LogP contribution >= 0.6 is 38.9 Å². The molecular weight excluding hydrogens is 452 g/mol. The lowest BCUT2D eigenvalue weighted by Crippen LogP contribution is -2.30. The quantitative estimate of drug-likeness (QED) is 0.489. The van der Waals surface area contributed by atoms with Crippen LogP contribution in [0.25, 0.3) is 10.2 Å². The van der Waals surface area contributed by atoms with E-state index in [9.17, 15) is 0 Å². The predicted octanol–water partition coefficient (Wildman–Crippen LogP) is 5.46. The number of aromatic nitrogens is 2. The smallest absolute Gasteiger partial charge is 0.225 e. The van der Waals surface area contributed by atoms with Crippen molar-refractivity contribution in [1.29, 1.82) is 0 Å². The molecule has 0 aliphatic carbocycles. The molecule has 3 N–H and O–H groups in total. The van der Waals surface area contributed by atoms with Gasteiger partial charge in [-0.1, -0.05) is 13.8 Å². The highest BCUT2D eigenvalue weighted by Gasteiger charge is 2.11. The van der Waals surface area contributed by atoms with Crippen molar-refractivity contribution in [1.82, 2.24) is 9.97 Å². The van der Waals surface area contributed by atoms with Gasteiger partial charge in [0.1, 0.15) is 17.1 Å². The van der Waals surface area contributed by atoms with Gasteiger partial charge in [0.2, 0.25) is 5.28 Å². The van der Waals surface area contributed by atoms with Gasteiger partial charge in [-0.3, -0.25) is 0 Å². The van der Waals surface area contributed by atoms with Crippen LogP contribution in [0.1, 0.15) is 32.4 Å². The summed E-state index contributed by atoms with van der Waals surface area (Å²) in [7, 11) is 0. The Hall–Kier alpha value is -1.19. The maximum absolute atomic E-state index is 5.91. The summed E-state index contributed by atoms with van der Waals surface area (Å²) in [5, 5.41) is 5.40. The summed E-state index contributed by atoms with van der Waals surface area (Å²) in [4.78, 5) is 8.40. The van der Waals surface area contributed by atoms with Gasteiger partial charge in [-0.15, -0.1) is 11.3 Å². The third-order valence-corrected chi connectivity index (χ3v) is 5.60. The third kappa shape index (κ3) is 6.73. The maximum atomic E-state index is 5.91. The summed E-state index contributed by atoms with van der Waals surface area (Å²) < 4.78 is 12.2. The summed E-state index contributed by atoms with van der Waals surface area (Å²) in [6.07, 6.45) is 3.92. The zero-order chi connectivity index (χ0) is 19.6. The zero-order valence-corrected chi connectivity index (χ0v) is 18.5. The fourth-order valence-corrected chi connectivity index (χ4v) is 4.03. The van der Waals surface area contributed by atoms with Gasteiger partial charge in [0, 0.05) is 18.0 Å². The molecule has 0 radical (unpaired) electrons. The predicted molar refractivity (Wildman–Crippen MR) is 116 cm³/mol. The molecule has 1 unspecified atom stereocenters. The maximum Gasteiger partial charge on any atom is 0.225 e. The van der Waals surface area contributed by atoms with Crippen molar-refractivity contribution in [2.45, 2.75) is 39.3 Å². The first-order chi connectivity index (χ1) is 13.1.